The van der Waals surface area contributed by atoms with Crippen molar-refractivity contribution in [1.29, 1.82) is 0 Å². The van der Waals surface area contributed by atoms with Crippen molar-refractivity contribution < 1.29 is 17.9 Å². The predicted molar refractivity (Wildman–Crippen MR) is 118 cm³/mol. The first-order valence-electron chi connectivity index (χ1n) is 10.7. The minimum absolute atomic E-state index is 0.166. The summed E-state index contributed by atoms with van der Waals surface area (Å²) in [7, 11) is -3.53. The highest BCUT2D eigenvalue weighted by Gasteiger charge is 2.43. The third kappa shape index (κ3) is 5.10. The van der Waals surface area contributed by atoms with Crippen LogP contribution >= 0.6 is 0 Å². The minimum atomic E-state index is -3.53. The summed E-state index contributed by atoms with van der Waals surface area (Å²) in [4.78, 5) is 12.0. The van der Waals surface area contributed by atoms with E-state index in [1.807, 2.05) is 44.2 Å². The molecule has 1 atom stereocenters. The van der Waals surface area contributed by atoms with E-state index in [0.29, 0.717) is 31.0 Å². The van der Waals surface area contributed by atoms with Gasteiger partial charge in [0.05, 0.1) is 11.5 Å². The fourth-order valence-corrected chi connectivity index (χ4v) is 5.77. The van der Waals surface area contributed by atoms with Gasteiger partial charge in [0.25, 0.3) is 0 Å². The first kappa shape index (κ1) is 22.5. The van der Waals surface area contributed by atoms with Crippen molar-refractivity contribution >= 4 is 16.0 Å². The number of rotatable bonds is 9. The van der Waals surface area contributed by atoms with Crippen molar-refractivity contribution in [2.24, 2.45) is 0 Å². The third-order valence-electron chi connectivity index (χ3n) is 5.96. The first-order chi connectivity index (χ1) is 14.4. The highest BCUT2D eigenvalue weighted by atomic mass is 32.2. The topological polar surface area (TPSA) is 63.7 Å². The molecule has 1 fully saturated rings. The third-order valence-corrected chi connectivity index (χ3v) is 7.81. The highest BCUT2D eigenvalue weighted by molar-refractivity contribution is 7.89. The Morgan fingerprint density at radius 1 is 1.07 bits per heavy atom. The van der Waals surface area contributed by atoms with Crippen molar-refractivity contribution in [2.45, 2.75) is 56.3 Å². The molecule has 1 aliphatic rings. The smallest absolute Gasteiger partial charge is 0.305 e. The molecule has 6 heteroatoms. The van der Waals surface area contributed by atoms with Gasteiger partial charge in [0.2, 0.25) is 10.0 Å². The number of hydrogen-bond acceptors (Lipinski definition) is 4. The van der Waals surface area contributed by atoms with E-state index in [-0.39, 0.29) is 11.4 Å². The van der Waals surface area contributed by atoms with Crippen LogP contribution in [0.4, 0.5) is 0 Å². The van der Waals surface area contributed by atoms with Gasteiger partial charge in [-0.3, -0.25) is 4.79 Å². The maximum Gasteiger partial charge on any atom is 0.305 e. The molecule has 2 aromatic carbocycles. The van der Waals surface area contributed by atoms with Gasteiger partial charge in [-0.05, 0) is 50.8 Å². The number of aryl methyl sites for hydroxylation is 1. The van der Waals surface area contributed by atoms with Crippen LogP contribution in [-0.4, -0.2) is 38.4 Å². The van der Waals surface area contributed by atoms with E-state index in [9.17, 15) is 13.2 Å². The normalized spacial score (nSPS) is 19.7. The number of carbonyl (C=O) groups is 1. The first-order valence-corrected chi connectivity index (χ1v) is 12.1. The molecule has 2 aromatic rings. The largest absolute Gasteiger partial charge is 0.466 e. The second-order valence-corrected chi connectivity index (χ2v) is 10.00. The Hall–Kier alpha value is -2.18. The molecule has 1 heterocycles. The molecule has 0 spiro atoms. The van der Waals surface area contributed by atoms with E-state index < -0.39 is 10.0 Å². The van der Waals surface area contributed by atoms with E-state index in [0.717, 1.165) is 31.2 Å². The maximum atomic E-state index is 13.2. The summed E-state index contributed by atoms with van der Waals surface area (Å²) in [5.41, 5.74) is 1.98. The summed E-state index contributed by atoms with van der Waals surface area (Å²) >= 11 is 0. The summed E-state index contributed by atoms with van der Waals surface area (Å²) in [6.45, 7) is 5.13. The van der Waals surface area contributed by atoms with E-state index in [4.69, 9.17) is 4.74 Å². The van der Waals surface area contributed by atoms with E-state index >= 15 is 0 Å². The second-order valence-electron chi connectivity index (χ2n) is 8.06. The van der Waals surface area contributed by atoms with E-state index in [1.165, 1.54) is 5.56 Å². The molecule has 3 rings (SSSR count). The molecule has 1 unspecified atom stereocenters. The van der Waals surface area contributed by atoms with Gasteiger partial charge in [-0.1, -0.05) is 54.4 Å². The number of esters is 1. The van der Waals surface area contributed by atoms with Crippen LogP contribution in [0.25, 0.3) is 0 Å². The number of ether oxygens (including phenoxy) is 1. The molecule has 162 valence electrons. The quantitative estimate of drug-likeness (QED) is 0.436. The standard InChI is InChI=1S/C24H31NO4S/c1-3-29-23(26)11-7-8-16-24(21-9-5-4-6-10-21)17-18-25(19-24)30(27,28)22-14-12-20(2)13-15-22/h4-6,9-10,12-15H,3,7-8,11,16-19H2,1-2H3. The van der Waals surface area contributed by atoms with Gasteiger partial charge in [-0.2, -0.15) is 4.31 Å². The number of benzene rings is 2. The van der Waals surface area contributed by atoms with Crippen LogP contribution in [0.2, 0.25) is 0 Å². The van der Waals surface area contributed by atoms with Crippen LogP contribution in [0.5, 0.6) is 0 Å². The lowest BCUT2D eigenvalue weighted by Gasteiger charge is -2.30. The summed E-state index contributed by atoms with van der Waals surface area (Å²) in [5, 5.41) is 0. The van der Waals surface area contributed by atoms with Crippen LogP contribution in [0.15, 0.2) is 59.5 Å². The summed E-state index contributed by atoms with van der Waals surface area (Å²) in [6, 6.07) is 17.2. The van der Waals surface area contributed by atoms with E-state index in [2.05, 4.69) is 12.1 Å². The van der Waals surface area contributed by atoms with Gasteiger partial charge in [0.1, 0.15) is 0 Å². The molecule has 1 saturated heterocycles. The molecular weight excluding hydrogens is 398 g/mol. The zero-order valence-electron chi connectivity index (χ0n) is 17.8. The molecule has 0 aromatic heterocycles. The highest BCUT2D eigenvalue weighted by Crippen LogP contribution is 2.41. The van der Waals surface area contributed by atoms with Gasteiger partial charge in [-0.25, -0.2) is 8.42 Å². The number of unbranched alkanes of at least 4 members (excludes halogenated alkanes) is 1. The molecule has 0 radical (unpaired) electrons. The fraction of sp³-hybridized carbons (Fsp3) is 0.458. The van der Waals surface area contributed by atoms with Crippen molar-refractivity contribution in [3.63, 3.8) is 0 Å². The lowest BCUT2D eigenvalue weighted by molar-refractivity contribution is -0.143. The van der Waals surface area contributed by atoms with Crippen molar-refractivity contribution in [3.05, 3.63) is 65.7 Å². The second kappa shape index (κ2) is 9.75. The van der Waals surface area contributed by atoms with Gasteiger partial charge in [0, 0.05) is 24.9 Å². The lowest BCUT2D eigenvalue weighted by Crippen LogP contribution is -2.34. The number of carbonyl (C=O) groups excluding carboxylic acids is 1. The molecule has 1 aliphatic heterocycles. The minimum Gasteiger partial charge on any atom is -0.466 e. The van der Waals surface area contributed by atoms with Crippen molar-refractivity contribution in [3.8, 4) is 0 Å². The van der Waals surface area contributed by atoms with E-state index in [1.54, 1.807) is 16.4 Å². The number of sulfonamides is 1. The van der Waals surface area contributed by atoms with Gasteiger partial charge in [0.15, 0.2) is 0 Å². The Morgan fingerprint density at radius 2 is 1.77 bits per heavy atom. The molecule has 0 amide bonds. The monoisotopic (exact) mass is 429 g/mol. The summed E-state index contributed by atoms with van der Waals surface area (Å²) in [5.74, 6) is -0.166. The average Bonchev–Trinajstić information content (AvgIpc) is 3.19. The molecule has 0 aliphatic carbocycles. The zero-order valence-corrected chi connectivity index (χ0v) is 18.7. The van der Waals surface area contributed by atoms with Crippen LogP contribution in [0, 0.1) is 6.92 Å². The Labute approximate surface area is 180 Å². The Morgan fingerprint density at radius 3 is 2.43 bits per heavy atom. The number of nitrogens with zero attached hydrogens (tertiary/aromatic N) is 1. The van der Waals surface area contributed by atoms with Crippen LogP contribution < -0.4 is 0 Å². The van der Waals surface area contributed by atoms with Crippen molar-refractivity contribution in [1.82, 2.24) is 4.31 Å². The Bertz CT molecular complexity index is 941. The van der Waals surface area contributed by atoms with Gasteiger partial charge < -0.3 is 4.74 Å². The zero-order chi connectivity index (χ0) is 21.6. The molecule has 5 nitrogen and oxygen atoms in total. The molecule has 0 bridgehead atoms. The van der Waals surface area contributed by atoms with Crippen LogP contribution in [0.3, 0.4) is 0 Å². The molecule has 30 heavy (non-hydrogen) atoms. The number of hydrogen-bond donors (Lipinski definition) is 0. The SMILES string of the molecule is CCOC(=O)CCCCC1(c2ccccc2)CCN(S(=O)(=O)c2ccc(C)cc2)C1. The lowest BCUT2D eigenvalue weighted by atomic mass is 9.75. The van der Waals surface area contributed by atoms with Crippen molar-refractivity contribution in [2.75, 3.05) is 19.7 Å². The fourth-order valence-electron chi connectivity index (χ4n) is 4.24. The van der Waals surface area contributed by atoms with Gasteiger partial charge >= 0.3 is 5.97 Å². The van der Waals surface area contributed by atoms with Crippen LogP contribution in [-0.2, 0) is 25.0 Å². The summed E-state index contributed by atoms with van der Waals surface area (Å²) < 4.78 is 33.1. The Kier molecular flexibility index (Phi) is 7.32. The summed E-state index contributed by atoms with van der Waals surface area (Å²) in [6.07, 6.45) is 3.63. The molecule has 0 N–H and O–H groups in total. The predicted octanol–water partition coefficient (Wildman–Crippen LogP) is 4.45. The average molecular weight is 430 g/mol. The maximum absolute atomic E-state index is 13.2. The Balaban J connectivity index is 1.76. The van der Waals surface area contributed by atoms with Crippen LogP contribution in [0.1, 0.15) is 50.2 Å². The van der Waals surface area contributed by atoms with Gasteiger partial charge in [-0.15, -0.1) is 0 Å². The molecular formula is C24H31NO4S. The molecule has 0 saturated carbocycles.